The molecule has 0 bridgehead atoms. The van der Waals surface area contributed by atoms with Gasteiger partial charge in [0.25, 0.3) is 5.91 Å². The van der Waals surface area contributed by atoms with Gasteiger partial charge in [0.15, 0.2) is 0 Å². The van der Waals surface area contributed by atoms with Crippen LogP contribution in [-0.4, -0.2) is 12.5 Å². The van der Waals surface area contributed by atoms with E-state index in [2.05, 4.69) is 17.4 Å². The maximum atomic E-state index is 12.9. The Labute approximate surface area is 194 Å². The number of aryl methyl sites for hydroxylation is 1. The van der Waals surface area contributed by atoms with E-state index in [9.17, 15) is 4.79 Å². The third-order valence-electron chi connectivity index (χ3n) is 5.18. The number of rotatable bonds is 10. The first-order chi connectivity index (χ1) is 16.3. The Morgan fingerprint density at radius 2 is 1.39 bits per heavy atom. The molecule has 0 fully saturated rings. The summed E-state index contributed by atoms with van der Waals surface area (Å²) in [5, 5.41) is 2.95. The molecule has 0 unspecified atom stereocenters. The highest BCUT2D eigenvalue weighted by Gasteiger charge is 2.13. The summed E-state index contributed by atoms with van der Waals surface area (Å²) in [6, 6.07) is 35.0. The van der Waals surface area contributed by atoms with Crippen LogP contribution in [0.15, 0.2) is 109 Å². The first-order valence-electron chi connectivity index (χ1n) is 11.1. The van der Waals surface area contributed by atoms with E-state index in [1.54, 1.807) is 6.07 Å². The van der Waals surface area contributed by atoms with Crippen LogP contribution in [0.2, 0.25) is 0 Å². The summed E-state index contributed by atoms with van der Waals surface area (Å²) in [5.74, 6) is 1.06. The zero-order valence-electron chi connectivity index (χ0n) is 18.4. The lowest BCUT2D eigenvalue weighted by atomic mass is 10.1. The Morgan fingerprint density at radius 3 is 2.18 bits per heavy atom. The molecule has 0 saturated heterocycles. The van der Waals surface area contributed by atoms with Gasteiger partial charge in [-0.2, -0.15) is 0 Å². The normalized spacial score (nSPS) is 10.4. The Morgan fingerprint density at radius 1 is 0.697 bits per heavy atom. The van der Waals surface area contributed by atoms with Gasteiger partial charge in [0, 0.05) is 11.8 Å². The Hall–Kier alpha value is -4.05. The summed E-state index contributed by atoms with van der Waals surface area (Å²) in [4.78, 5) is 12.9. The fourth-order valence-electron chi connectivity index (χ4n) is 3.49. The van der Waals surface area contributed by atoms with Gasteiger partial charge in [0.05, 0.1) is 12.2 Å². The Kier molecular flexibility index (Phi) is 7.74. The molecule has 0 aliphatic carbocycles. The first-order valence-corrected chi connectivity index (χ1v) is 11.1. The zero-order chi connectivity index (χ0) is 22.7. The minimum atomic E-state index is -0.222. The van der Waals surface area contributed by atoms with E-state index in [0.29, 0.717) is 30.2 Å². The number of carbonyl (C=O) groups excluding carboxylic acids is 1. The lowest BCUT2D eigenvalue weighted by Gasteiger charge is -2.13. The topological polar surface area (TPSA) is 47.6 Å². The van der Waals surface area contributed by atoms with Crippen LogP contribution in [0.1, 0.15) is 27.9 Å². The lowest BCUT2D eigenvalue weighted by Crippen LogP contribution is -2.13. The molecular weight excluding hydrogens is 410 g/mol. The maximum Gasteiger partial charge on any atom is 0.259 e. The zero-order valence-corrected chi connectivity index (χ0v) is 18.4. The molecule has 4 rings (SSSR count). The molecule has 33 heavy (non-hydrogen) atoms. The molecule has 0 heterocycles. The number of hydrogen-bond donors (Lipinski definition) is 1. The molecule has 0 radical (unpaired) electrons. The number of hydrogen-bond acceptors (Lipinski definition) is 3. The van der Waals surface area contributed by atoms with Gasteiger partial charge in [-0.25, -0.2) is 0 Å². The molecule has 0 saturated carbocycles. The van der Waals surface area contributed by atoms with Crippen LogP contribution < -0.4 is 14.8 Å². The first kappa shape index (κ1) is 22.2. The fourth-order valence-corrected chi connectivity index (χ4v) is 3.49. The average Bonchev–Trinajstić information content (AvgIpc) is 2.87. The number of nitrogens with one attached hydrogen (secondary N) is 1. The number of para-hydroxylation sites is 1. The monoisotopic (exact) mass is 437 g/mol. The molecule has 1 N–H and O–H groups in total. The van der Waals surface area contributed by atoms with Gasteiger partial charge < -0.3 is 14.8 Å². The summed E-state index contributed by atoms with van der Waals surface area (Å²) >= 11 is 0. The van der Waals surface area contributed by atoms with Crippen LogP contribution in [0.3, 0.4) is 0 Å². The minimum Gasteiger partial charge on any atom is -0.494 e. The lowest BCUT2D eigenvalue weighted by molar-refractivity contribution is 0.102. The van der Waals surface area contributed by atoms with Crippen LogP contribution >= 0.6 is 0 Å². The molecule has 4 heteroatoms. The Bertz CT molecular complexity index is 1160. The van der Waals surface area contributed by atoms with Crippen molar-refractivity contribution in [3.05, 3.63) is 126 Å². The van der Waals surface area contributed by atoms with Crippen LogP contribution in [0.5, 0.6) is 11.5 Å². The van der Waals surface area contributed by atoms with Gasteiger partial charge in [0.2, 0.25) is 0 Å². The fraction of sp³-hybridized carbons (Fsp3) is 0.138. The van der Waals surface area contributed by atoms with E-state index in [4.69, 9.17) is 9.47 Å². The molecule has 166 valence electrons. The molecule has 0 aromatic heterocycles. The van der Waals surface area contributed by atoms with E-state index in [1.807, 2.05) is 91.0 Å². The van der Waals surface area contributed by atoms with Gasteiger partial charge in [-0.3, -0.25) is 4.79 Å². The third-order valence-corrected chi connectivity index (χ3v) is 5.18. The minimum absolute atomic E-state index is 0.222. The summed E-state index contributed by atoms with van der Waals surface area (Å²) in [6.45, 7) is 1.01. The van der Waals surface area contributed by atoms with Crippen LogP contribution in [0, 0.1) is 0 Å². The summed E-state index contributed by atoms with van der Waals surface area (Å²) in [6.07, 6.45) is 1.89. The number of carbonyl (C=O) groups is 1. The van der Waals surface area contributed by atoms with Crippen molar-refractivity contribution < 1.29 is 14.3 Å². The van der Waals surface area contributed by atoms with E-state index in [0.717, 1.165) is 24.2 Å². The number of ether oxygens (including phenoxy) is 2. The predicted octanol–water partition coefficient (Wildman–Crippen LogP) is 6.53. The molecular formula is C29H27NO3. The van der Waals surface area contributed by atoms with Crippen LogP contribution in [0.25, 0.3) is 0 Å². The standard InChI is InChI=1S/C29H27NO3/c31-29(27-18-7-8-19-28(27)33-22-24-13-5-2-6-14-24)30-25-16-9-17-26(21-25)32-20-10-15-23-11-3-1-4-12-23/h1-9,11-14,16-19,21H,10,15,20,22H2,(H,30,31). The van der Waals surface area contributed by atoms with Crippen molar-refractivity contribution in [3.8, 4) is 11.5 Å². The van der Waals surface area contributed by atoms with E-state index in [1.165, 1.54) is 5.56 Å². The van der Waals surface area contributed by atoms with E-state index in [-0.39, 0.29) is 5.91 Å². The molecule has 0 aliphatic rings. The molecule has 4 aromatic rings. The van der Waals surface area contributed by atoms with Crippen LogP contribution in [-0.2, 0) is 13.0 Å². The van der Waals surface area contributed by atoms with Crippen molar-refractivity contribution in [2.45, 2.75) is 19.4 Å². The summed E-state index contributed by atoms with van der Waals surface area (Å²) in [7, 11) is 0. The summed E-state index contributed by atoms with van der Waals surface area (Å²) in [5.41, 5.74) is 3.51. The predicted molar refractivity (Wildman–Crippen MR) is 132 cm³/mol. The Balaban J connectivity index is 1.33. The van der Waals surface area contributed by atoms with Crippen LogP contribution in [0.4, 0.5) is 5.69 Å². The van der Waals surface area contributed by atoms with Gasteiger partial charge in [-0.05, 0) is 48.2 Å². The molecule has 1 amide bonds. The molecule has 0 spiro atoms. The highest BCUT2D eigenvalue weighted by Crippen LogP contribution is 2.23. The maximum absolute atomic E-state index is 12.9. The molecule has 0 atom stereocenters. The van der Waals surface area contributed by atoms with Crippen molar-refractivity contribution in [2.75, 3.05) is 11.9 Å². The highest BCUT2D eigenvalue weighted by atomic mass is 16.5. The van der Waals surface area contributed by atoms with Crippen molar-refractivity contribution in [1.29, 1.82) is 0 Å². The second-order valence-corrected chi connectivity index (χ2v) is 7.69. The molecule has 4 nitrogen and oxygen atoms in total. The van der Waals surface area contributed by atoms with Gasteiger partial charge >= 0.3 is 0 Å². The molecule has 0 aliphatic heterocycles. The quantitative estimate of drug-likeness (QED) is 0.287. The van der Waals surface area contributed by atoms with Crippen molar-refractivity contribution in [2.24, 2.45) is 0 Å². The average molecular weight is 438 g/mol. The SMILES string of the molecule is O=C(Nc1cccc(OCCCc2ccccc2)c1)c1ccccc1OCc1ccccc1. The third kappa shape index (κ3) is 6.71. The number of amides is 1. The van der Waals surface area contributed by atoms with E-state index < -0.39 is 0 Å². The van der Waals surface area contributed by atoms with Gasteiger partial charge in [-0.15, -0.1) is 0 Å². The highest BCUT2D eigenvalue weighted by molar-refractivity contribution is 6.06. The summed E-state index contributed by atoms with van der Waals surface area (Å²) < 4.78 is 11.8. The number of benzene rings is 4. The molecule has 4 aromatic carbocycles. The van der Waals surface area contributed by atoms with Gasteiger partial charge in [-0.1, -0.05) is 78.9 Å². The smallest absolute Gasteiger partial charge is 0.259 e. The largest absolute Gasteiger partial charge is 0.494 e. The van der Waals surface area contributed by atoms with Crippen molar-refractivity contribution >= 4 is 11.6 Å². The number of anilines is 1. The van der Waals surface area contributed by atoms with Crippen molar-refractivity contribution in [3.63, 3.8) is 0 Å². The van der Waals surface area contributed by atoms with Crippen molar-refractivity contribution in [1.82, 2.24) is 0 Å². The van der Waals surface area contributed by atoms with Gasteiger partial charge in [0.1, 0.15) is 18.1 Å². The second kappa shape index (κ2) is 11.5. The second-order valence-electron chi connectivity index (χ2n) is 7.69. The van der Waals surface area contributed by atoms with E-state index >= 15 is 0 Å².